The minimum absolute atomic E-state index is 0.0613. The number of hydrogen-bond donors (Lipinski definition) is 1. The maximum absolute atomic E-state index is 12.8. The largest absolute Gasteiger partial charge is 0.364 e. The fourth-order valence-electron chi connectivity index (χ4n) is 3.51. The first-order valence-electron chi connectivity index (χ1n) is 8.19. The second-order valence-corrected chi connectivity index (χ2v) is 6.35. The van der Waals surface area contributed by atoms with E-state index in [0.29, 0.717) is 37.6 Å². The van der Waals surface area contributed by atoms with E-state index in [1.54, 1.807) is 9.47 Å². The Bertz CT molecular complexity index is 985. The van der Waals surface area contributed by atoms with Gasteiger partial charge in [0.25, 0.3) is 5.91 Å². The van der Waals surface area contributed by atoms with Crippen molar-refractivity contribution < 1.29 is 9.59 Å². The first-order valence-corrected chi connectivity index (χ1v) is 8.19. The van der Waals surface area contributed by atoms with Crippen molar-refractivity contribution in [1.82, 2.24) is 19.0 Å². The molecule has 0 atom stereocenters. The van der Waals surface area contributed by atoms with E-state index in [2.05, 4.69) is 4.98 Å². The molecule has 128 valence electrons. The van der Waals surface area contributed by atoms with E-state index in [1.807, 2.05) is 42.1 Å². The minimum atomic E-state index is -0.491. The Hall–Kier alpha value is -3.09. The number of hydrogen-bond acceptors (Lipinski definition) is 3. The van der Waals surface area contributed by atoms with Crippen LogP contribution in [-0.2, 0) is 31.4 Å². The number of carbonyl (C=O) groups is 2. The Kier molecular flexibility index (Phi) is 3.56. The van der Waals surface area contributed by atoms with Gasteiger partial charge in [0, 0.05) is 37.2 Å². The van der Waals surface area contributed by atoms with E-state index in [-0.39, 0.29) is 5.91 Å². The van der Waals surface area contributed by atoms with Crippen LogP contribution in [0, 0.1) is 0 Å². The molecule has 7 nitrogen and oxygen atoms in total. The third-order valence-corrected chi connectivity index (χ3v) is 4.79. The Morgan fingerprint density at radius 3 is 2.84 bits per heavy atom. The Labute approximate surface area is 144 Å². The second kappa shape index (κ2) is 5.77. The average molecular weight is 337 g/mol. The summed E-state index contributed by atoms with van der Waals surface area (Å²) >= 11 is 0. The zero-order chi connectivity index (χ0) is 17.6. The van der Waals surface area contributed by atoms with Crippen molar-refractivity contribution in [1.29, 1.82) is 0 Å². The van der Waals surface area contributed by atoms with Crippen LogP contribution in [0.5, 0.6) is 0 Å². The zero-order valence-electron chi connectivity index (χ0n) is 14.0. The van der Waals surface area contributed by atoms with Gasteiger partial charge in [-0.15, -0.1) is 0 Å². The van der Waals surface area contributed by atoms with Crippen molar-refractivity contribution in [2.75, 3.05) is 6.54 Å². The molecule has 1 aliphatic rings. The number of imidazole rings is 1. The number of fused-ring (bicyclic) bond motifs is 2. The first kappa shape index (κ1) is 15.4. The molecule has 0 aliphatic carbocycles. The van der Waals surface area contributed by atoms with Crippen molar-refractivity contribution in [2.24, 2.45) is 12.8 Å². The van der Waals surface area contributed by atoms with Gasteiger partial charge in [0.2, 0.25) is 5.91 Å². The molecule has 7 heteroatoms. The maximum atomic E-state index is 12.8. The number of nitrogens with zero attached hydrogens (tertiary/aromatic N) is 4. The van der Waals surface area contributed by atoms with Gasteiger partial charge in [-0.25, -0.2) is 4.98 Å². The van der Waals surface area contributed by atoms with Crippen LogP contribution in [0.1, 0.15) is 21.9 Å². The highest BCUT2D eigenvalue weighted by Crippen LogP contribution is 2.22. The lowest BCUT2D eigenvalue weighted by Gasteiger charge is -2.28. The summed E-state index contributed by atoms with van der Waals surface area (Å²) in [4.78, 5) is 30.2. The average Bonchev–Trinajstić information content (AvgIpc) is 3.16. The zero-order valence-corrected chi connectivity index (χ0v) is 14.0. The smallest absolute Gasteiger partial charge is 0.266 e. The van der Waals surface area contributed by atoms with E-state index in [4.69, 9.17) is 5.73 Å². The molecule has 1 aliphatic heterocycles. The maximum Gasteiger partial charge on any atom is 0.266 e. The van der Waals surface area contributed by atoms with Crippen LogP contribution in [0.25, 0.3) is 10.9 Å². The Morgan fingerprint density at radius 2 is 2.04 bits per heavy atom. The van der Waals surface area contributed by atoms with Crippen LogP contribution >= 0.6 is 0 Å². The van der Waals surface area contributed by atoms with Crippen LogP contribution in [0.15, 0.2) is 36.7 Å². The van der Waals surface area contributed by atoms with Gasteiger partial charge in [0.15, 0.2) is 0 Å². The molecule has 0 radical (unpaired) electrons. The molecular formula is C18H19N5O2. The number of para-hydroxylation sites is 1. The molecule has 0 saturated carbocycles. The molecule has 0 bridgehead atoms. The SMILES string of the molecule is Cn1cc(CC(=O)N2CCn3c(C(N)=O)cnc3C2)c2ccccc21. The monoisotopic (exact) mass is 337 g/mol. The van der Waals surface area contributed by atoms with Gasteiger partial charge in [-0.3, -0.25) is 9.59 Å². The highest BCUT2D eigenvalue weighted by molar-refractivity contribution is 5.91. The molecule has 3 aromatic rings. The number of benzene rings is 1. The molecule has 0 unspecified atom stereocenters. The van der Waals surface area contributed by atoms with E-state index in [0.717, 1.165) is 16.5 Å². The second-order valence-electron chi connectivity index (χ2n) is 6.35. The fourth-order valence-corrected chi connectivity index (χ4v) is 3.51. The summed E-state index contributed by atoms with van der Waals surface area (Å²) in [5.41, 5.74) is 7.89. The number of aryl methyl sites for hydroxylation is 1. The summed E-state index contributed by atoms with van der Waals surface area (Å²) in [6, 6.07) is 8.07. The standard InChI is InChI=1S/C18H19N5O2/c1-21-10-12(13-4-2-3-5-14(13)21)8-17(24)22-6-7-23-15(18(19)25)9-20-16(23)11-22/h2-5,9-10H,6-8,11H2,1H3,(H2,19,25). The molecule has 2 N–H and O–H groups in total. The normalized spacial score (nSPS) is 13.9. The Balaban J connectivity index is 1.55. The van der Waals surface area contributed by atoms with Gasteiger partial charge in [0.05, 0.1) is 19.2 Å². The van der Waals surface area contributed by atoms with Crippen LogP contribution in [0.2, 0.25) is 0 Å². The van der Waals surface area contributed by atoms with Gasteiger partial charge >= 0.3 is 0 Å². The lowest BCUT2D eigenvalue weighted by molar-refractivity contribution is -0.131. The third kappa shape index (κ3) is 2.57. The number of primary amides is 1. The van der Waals surface area contributed by atoms with E-state index >= 15 is 0 Å². The van der Waals surface area contributed by atoms with Gasteiger partial charge < -0.3 is 19.8 Å². The minimum Gasteiger partial charge on any atom is -0.364 e. The molecule has 0 fully saturated rings. The molecule has 2 aromatic heterocycles. The number of amides is 2. The quantitative estimate of drug-likeness (QED) is 0.775. The van der Waals surface area contributed by atoms with Crippen molar-refractivity contribution in [3.63, 3.8) is 0 Å². The van der Waals surface area contributed by atoms with Crippen molar-refractivity contribution in [3.8, 4) is 0 Å². The number of rotatable bonds is 3. The lowest BCUT2D eigenvalue weighted by Crippen LogP contribution is -2.40. The first-order chi connectivity index (χ1) is 12.0. The van der Waals surface area contributed by atoms with Crippen molar-refractivity contribution in [2.45, 2.75) is 19.5 Å². The number of nitrogens with two attached hydrogens (primary N) is 1. The molecule has 1 aromatic carbocycles. The summed E-state index contributed by atoms with van der Waals surface area (Å²) in [6.45, 7) is 1.49. The third-order valence-electron chi connectivity index (χ3n) is 4.79. The number of aromatic nitrogens is 3. The molecule has 0 spiro atoms. The van der Waals surface area contributed by atoms with E-state index < -0.39 is 5.91 Å². The van der Waals surface area contributed by atoms with Crippen molar-refractivity contribution in [3.05, 3.63) is 53.7 Å². The summed E-state index contributed by atoms with van der Waals surface area (Å²) in [5.74, 6) is 0.270. The van der Waals surface area contributed by atoms with Crippen molar-refractivity contribution >= 4 is 22.7 Å². The van der Waals surface area contributed by atoms with Crippen LogP contribution in [-0.4, -0.2) is 37.4 Å². The van der Waals surface area contributed by atoms with Gasteiger partial charge in [-0.05, 0) is 11.6 Å². The Morgan fingerprint density at radius 1 is 1.24 bits per heavy atom. The van der Waals surface area contributed by atoms with E-state index in [1.165, 1.54) is 6.20 Å². The van der Waals surface area contributed by atoms with Gasteiger partial charge in [-0.2, -0.15) is 0 Å². The summed E-state index contributed by atoms with van der Waals surface area (Å²) < 4.78 is 3.84. The topological polar surface area (TPSA) is 86.1 Å². The van der Waals surface area contributed by atoms with Gasteiger partial charge in [-0.1, -0.05) is 18.2 Å². The molecule has 3 heterocycles. The molecule has 25 heavy (non-hydrogen) atoms. The predicted molar refractivity (Wildman–Crippen MR) is 92.8 cm³/mol. The molecule has 0 saturated heterocycles. The predicted octanol–water partition coefficient (Wildman–Crippen LogP) is 1.06. The summed E-state index contributed by atoms with van der Waals surface area (Å²) in [7, 11) is 1.99. The van der Waals surface area contributed by atoms with Crippen LogP contribution < -0.4 is 5.73 Å². The molecular weight excluding hydrogens is 318 g/mol. The van der Waals surface area contributed by atoms with E-state index in [9.17, 15) is 9.59 Å². The van der Waals surface area contributed by atoms with Crippen LogP contribution in [0.3, 0.4) is 0 Å². The molecule has 4 rings (SSSR count). The highest BCUT2D eigenvalue weighted by Gasteiger charge is 2.25. The van der Waals surface area contributed by atoms with Crippen LogP contribution in [0.4, 0.5) is 0 Å². The number of carbonyl (C=O) groups excluding carboxylic acids is 2. The summed E-state index contributed by atoms with van der Waals surface area (Å²) in [6.07, 6.45) is 3.85. The van der Waals surface area contributed by atoms with Gasteiger partial charge in [0.1, 0.15) is 11.5 Å². The lowest BCUT2D eigenvalue weighted by atomic mass is 10.1. The highest BCUT2D eigenvalue weighted by atomic mass is 16.2. The molecule has 2 amide bonds. The summed E-state index contributed by atoms with van der Waals surface area (Å²) in [5, 5.41) is 1.10. The fraction of sp³-hybridized carbons (Fsp3) is 0.278.